The molecule has 3 fully saturated rings. The Labute approximate surface area is 326 Å². The Morgan fingerprint density at radius 1 is 1.02 bits per heavy atom. The molecule has 5 aliphatic rings. The second kappa shape index (κ2) is 17.2. The van der Waals surface area contributed by atoms with Crippen molar-refractivity contribution in [3.63, 3.8) is 0 Å². The van der Waals surface area contributed by atoms with E-state index in [2.05, 4.69) is 31.6 Å². The molecule has 1 aliphatic carbocycles. The van der Waals surface area contributed by atoms with Crippen LogP contribution in [0.25, 0.3) is 0 Å². The lowest BCUT2D eigenvalue weighted by molar-refractivity contribution is -0.108. The SMILES string of the molecule is COC[C@@H]1[C@@H](C)C/C=C/[C@@](CN2CCN3CCOC[C@@H]3C2)(OC)[C@@H]2CC[C@H]2CN2CCCCc3cc(Cl)ccc3COc3ccc(cc32)C(=O)NS1(=O)=O. The van der Waals surface area contributed by atoms with Gasteiger partial charge in [0.1, 0.15) is 23.2 Å². The summed E-state index contributed by atoms with van der Waals surface area (Å²) in [5.74, 6) is 0.230. The highest BCUT2D eigenvalue weighted by Gasteiger charge is 2.49. The fourth-order valence-electron chi connectivity index (χ4n) is 9.30. The summed E-state index contributed by atoms with van der Waals surface area (Å²) in [5.41, 5.74) is 2.75. The van der Waals surface area contributed by atoms with Gasteiger partial charge in [-0.3, -0.25) is 14.6 Å². The van der Waals surface area contributed by atoms with Gasteiger partial charge in [-0.2, -0.15) is 0 Å². The molecule has 2 bridgehead atoms. The number of fused-ring (bicyclic) bond motifs is 4. The standard InChI is InChI=1S/C41H57ClN4O7S/c1-29-7-6-15-41(51-3,28-44-17-18-45-19-20-52-26-35(45)24-44)36-13-10-32(36)23-46-16-5-4-8-30-21-34(42)12-9-33(30)25-53-38-14-11-31(22-37(38)46)40(47)43-54(48,49)39(29)27-50-2/h6,9,11-12,14-15,21-22,29,32,35-36,39H,4-5,7-8,10,13,16-20,23-28H2,1-3H3,(H,43,47)/b15-6+/t29-,32-,35-,36+,39+,41-/m0/s1. The molecule has 0 spiro atoms. The van der Waals surface area contributed by atoms with Gasteiger partial charge >= 0.3 is 0 Å². The molecular formula is C41H57ClN4O7S. The summed E-state index contributed by atoms with van der Waals surface area (Å²) < 4.78 is 54.8. The van der Waals surface area contributed by atoms with Crippen LogP contribution in [0.3, 0.4) is 0 Å². The molecule has 1 N–H and O–H groups in total. The highest BCUT2D eigenvalue weighted by molar-refractivity contribution is 7.90. The zero-order valence-electron chi connectivity index (χ0n) is 32.0. The molecule has 54 heavy (non-hydrogen) atoms. The van der Waals surface area contributed by atoms with Crippen LogP contribution in [-0.2, 0) is 37.3 Å². The number of halogens is 1. The molecular weight excluding hydrogens is 728 g/mol. The zero-order valence-corrected chi connectivity index (χ0v) is 33.6. The first-order valence-electron chi connectivity index (χ1n) is 19.7. The Balaban J connectivity index is 1.26. The number of carbonyl (C=O) groups excluding carboxylic acids is 1. The van der Waals surface area contributed by atoms with Crippen LogP contribution in [0.5, 0.6) is 5.75 Å². The second-order valence-corrected chi connectivity index (χ2v) is 18.3. The monoisotopic (exact) mass is 784 g/mol. The van der Waals surface area contributed by atoms with Gasteiger partial charge in [-0.1, -0.05) is 36.7 Å². The van der Waals surface area contributed by atoms with Gasteiger partial charge in [0, 0.05) is 76.7 Å². The number of sulfonamides is 1. The van der Waals surface area contributed by atoms with Crippen molar-refractivity contribution in [3.8, 4) is 5.75 Å². The van der Waals surface area contributed by atoms with E-state index in [-0.39, 0.29) is 24.0 Å². The number of nitrogens with one attached hydrogen (secondary N) is 1. The molecule has 296 valence electrons. The predicted molar refractivity (Wildman–Crippen MR) is 211 cm³/mol. The van der Waals surface area contributed by atoms with Gasteiger partial charge in [-0.05, 0) is 97.7 Å². The molecule has 4 heterocycles. The highest BCUT2D eigenvalue weighted by atomic mass is 35.5. The molecule has 0 unspecified atom stereocenters. The Morgan fingerprint density at radius 3 is 2.69 bits per heavy atom. The molecule has 1 saturated carbocycles. The van der Waals surface area contributed by atoms with Crippen LogP contribution in [0, 0.1) is 17.8 Å². The number of aryl methyl sites for hydroxylation is 1. The number of amides is 1. The number of hydrogen-bond donors (Lipinski definition) is 1. The third-order valence-electron chi connectivity index (χ3n) is 12.6. The van der Waals surface area contributed by atoms with E-state index < -0.39 is 26.8 Å². The van der Waals surface area contributed by atoms with Gasteiger partial charge < -0.3 is 23.8 Å². The maximum absolute atomic E-state index is 13.9. The molecule has 4 aliphatic heterocycles. The van der Waals surface area contributed by atoms with Crippen LogP contribution in [0.1, 0.15) is 60.5 Å². The van der Waals surface area contributed by atoms with Crippen molar-refractivity contribution < 1.29 is 32.2 Å². The van der Waals surface area contributed by atoms with Crippen LogP contribution >= 0.6 is 11.6 Å². The molecule has 2 aromatic rings. The van der Waals surface area contributed by atoms with Crippen LogP contribution in [0.15, 0.2) is 48.6 Å². The van der Waals surface area contributed by atoms with Crippen LogP contribution in [0.2, 0.25) is 5.02 Å². The number of rotatable bonds is 5. The number of piperazine rings is 1. The van der Waals surface area contributed by atoms with Crippen molar-refractivity contribution in [2.45, 2.75) is 68.9 Å². The number of ether oxygens (including phenoxy) is 4. The average Bonchev–Trinajstić information content (AvgIpc) is 3.17. The van der Waals surface area contributed by atoms with Crippen LogP contribution in [0.4, 0.5) is 5.69 Å². The van der Waals surface area contributed by atoms with Gasteiger partial charge in [0.15, 0.2) is 0 Å². The van der Waals surface area contributed by atoms with Gasteiger partial charge in [0.25, 0.3) is 5.91 Å². The lowest BCUT2D eigenvalue weighted by Gasteiger charge is -2.53. The average molecular weight is 785 g/mol. The van der Waals surface area contributed by atoms with Crippen molar-refractivity contribution in [2.75, 3.05) is 84.8 Å². The Morgan fingerprint density at radius 2 is 1.89 bits per heavy atom. The van der Waals surface area contributed by atoms with Crippen molar-refractivity contribution in [3.05, 3.63) is 70.3 Å². The number of methoxy groups -OCH3 is 2. The maximum Gasteiger partial charge on any atom is 0.264 e. The third kappa shape index (κ3) is 8.65. The summed E-state index contributed by atoms with van der Waals surface area (Å²) >= 11 is 6.42. The van der Waals surface area contributed by atoms with E-state index in [9.17, 15) is 13.2 Å². The van der Waals surface area contributed by atoms with Crippen molar-refractivity contribution in [1.82, 2.24) is 14.5 Å². The number of anilines is 1. The smallest absolute Gasteiger partial charge is 0.264 e. The quantitative estimate of drug-likeness (QED) is 0.409. The first-order chi connectivity index (χ1) is 26.1. The topological polar surface area (TPSA) is 110 Å². The molecule has 13 heteroatoms. The summed E-state index contributed by atoms with van der Waals surface area (Å²) in [7, 11) is -0.779. The van der Waals surface area contributed by atoms with Crippen molar-refractivity contribution in [2.24, 2.45) is 17.8 Å². The minimum Gasteiger partial charge on any atom is -0.487 e. The summed E-state index contributed by atoms with van der Waals surface area (Å²) in [4.78, 5) is 21.2. The van der Waals surface area contributed by atoms with Crippen molar-refractivity contribution >= 4 is 33.2 Å². The van der Waals surface area contributed by atoms with Gasteiger partial charge in [0.2, 0.25) is 10.0 Å². The largest absolute Gasteiger partial charge is 0.487 e. The minimum atomic E-state index is -4.11. The van der Waals surface area contributed by atoms with E-state index in [4.69, 9.17) is 30.5 Å². The Hall–Kier alpha value is -2.71. The second-order valence-electron chi connectivity index (χ2n) is 16.0. The van der Waals surface area contributed by atoms with Crippen LogP contribution in [-0.4, -0.2) is 121 Å². The maximum atomic E-state index is 13.9. The molecule has 6 atom stereocenters. The number of hydrogen-bond acceptors (Lipinski definition) is 10. The zero-order chi connectivity index (χ0) is 37.9. The summed E-state index contributed by atoms with van der Waals surface area (Å²) in [6.45, 7) is 9.90. The number of morpholine rings is 1. The van der Waals surface area contributed by atoms with E-state index in [1.807, 2.05) is 44.4 Å². The van der Waals surface area contributed by atoms with E-state index in [1.165, 1.54) is 12.7 Å². The van der Waals surface area contributed by atoms with Gasteiger partial charge in [-0.15, -0.1) is 0 Å². The fourth-order valence-corrected chi connectivity index (χ4v) is 11.1. The van der Waals surface area contributed by atoms with E-state index >= 15 is 0 Å². The molecule has 0 aromatic heterocycles. The fraction of sp³-hybridized carbons (Fsp3) is 0.634. The lowest BCUT2D eigenvalue weighted by Crippen LogP contribution is -2.62. The number of carbonyl (C=O) groups is 1. The molecule has 11 nitrogen and oxygen atoms in total. The summed E-state index contributed by atoms with van der Waals surface area (Å²) in [6, 6.07) is 11.6. The van der Waals surface area contributed by atoms with E-state index in [1.54, 1.807) is 6.07 Å². The Kier molecular flexibility index (Phi) is 12.6. The Bertz CT molecular complexity index is 1780. The number of allylic oxidation sites excluding steroid dienone is 1. The first kappa shape index (κ1) is 39.5. The summed E-state index contributed by atoms with van der Waals surface area (Å²) in [6.07, 6.45) is 9.71. The highest BCUT2D eigenvalue weighted by Crippen LogP contribution is 2.47. The predicted octanol–water partition coefficient (Wildman–Crippen LogP) is 5.16. The molecule has 0 radical (unpaired) electrons. The van der Waals surface area contributed by atoms with Gasteiger partial charge in [0.05, 0.1) is 25.5 Å². The molecule has 2 saturated heterocycles. The lowest BCUT2D eigenvalue weighted by atomic mass is 9.63. The van der Waals surface area contributed by atoms with Crippen molar-refractivity contribution in [1.29, 1.82) is 0 Å². The minimum absolute atomic E-state index is 0.0377. The molecule has 1 amide bonds. The third-order valence-corrected chi connectivity index (χ3v) is 14.7. The van der Waals surface area contributed by atoms with E-state index in [0.29, 0.717) is 35.8 Å². The van der Waals surface area contributed by atoms with Gasteiger partial charge in [-0.25, -0.2) is 13.1 Å². The van der Waals surface area contributed by atoms with Crippen LogP contribution < -0.4 is 14.4 Å². The van der Waals surface area contributed by atoms with E-state index in [0.717, 1.165) is 102 Å². The number of nitrogens with zero attached hydrogens (tertiary/aromatic N) is 3. The molecule has 7 rings (SSSR count). The first-order valence-corrected chi connectivity index (χ1v) is 21.6. The summed E-state index contributed by atoms with van der Waals surface area (Å²) in [5, 5.41) is -0.228. The molecule has 2 aromatic carbocycles. The normalized spacial score (nSPS) is 31.7. The number of benzene rings is 2.